The second kappa shape index (κ2) is 4.35. The van der Waals surface area contributed by atoms with Crippen LogP contribution in [-0.2, 0) is 19.3 Å². The topological polar surface area (TPSA) is 46.3 Å². The highest BCUT2D eigenvalue weighted by Crippen LogP contribution is 2.35. The average molecular weight is 284 g/mol. The summed E-state index contributed by atoms with van der Waals surface area (Å²) in [6.07, 6.45) is 4.41. The lowest BCUT2D eigenvalue weighted by molar-refractivity contribution is 0.0993. The van der Waals surface area contributed by atoms with Gasteiger partial charge in [0.05, 0.1) is 4.88 Å². The highest BCUT2D eigenvalue weighted by Gasteiger charge is 2.28. The Kier molecular flexibility index (Phi) is 2.60. The monoisotopic (exact) mass is 284 g/mol. The Hall–Kier alpha value is -1.81. The second-order valence-electron chi connectivity index (χ2n) is 5.51. The molecule has 0 bridgehead atoms. The molecule has 1 aromatic heterocycles. The number of rotatable bonds is 1. The normalized spacial score (nSPS) is 16.3. The number of hydrogen-bond acceptors (Lipinski definition) is 3. The molecule has 4 rings (SSSR count). The van der Waals surface area contributed by atoms with Crippen LogP contribution >= 0.6 is 11.3 Å². The number of carbonyl (C=O) groups is 1. The third kappa shape index (κ3) is 1.75. The summed E-state index contributed by atoms with van der Waals surface area (Å²) in [6, 6.07) is 7.93. The van der Waals surface area contributed by atoms with Gasteiger partial charge in [0.2, 0.25) is 0 Å². The SMILES string of the molecule is Nc1ccc2c(c1)CCN2C(=O)c1cc2c(s1)CCC2. The van der Waals surface area contributed by atoms with Crippen molar-refractivity contribution in [3.05, 3.63) is 45.1 Å². The van der Waals surface area contributed by atoms with E-state index in [2.05, 4.69) is 6.07 Å². The molecule has 0 radical (unpaired) electrons. The summed E-state index contributed by atoms with van der Waals surface area (Å²) in [4.78, 5) is 16.9. The van der Waals surface area contributed by atoms with Crippen LogP contribution < -0.4 is 10.6 Å². The molecule has 2 aliphatic rings. The molecular weight excluding hydrogens is 268 g/mol. The Morgan fingerprint density at radius 2 is 2.05 bits per heavy atom. The Balaban J connectivity index is 1.67. The quantitative estimate of drug-likeness (QED) is 0.818. The lowest BCUT2D eigenvalue weighted by Gasteiger charge is -2.16. The minimum absolute atomic E-state index is 0.146. The largest absolute Gasteiger partial charge is 0.399 e. The molecule has 1 aliphatic carbocycles. The van der Waals surface area contributed by atoms with Crippen molar-refractivity contribution < 1.29 is 4.79 Å². The van der Waals surface area contributed by atoms with Gasteiger partial charge in [-0.2, -0.15) is 0 Å². The van der Waals surface area contributed by atoms with Gasteiger partial charge in [0, 0.05) is 22.8 Å². The minimum Gasteiger partial charge on any atom is -0.399 e. The first-order valence-corrected chi connectivity index (χ1v) is 7.86. The molecule has 1 amide bonds. The van der Waals surface area contributed by atoms with Crippen LogP contribution in [0.4, 0.5) is 11.4 Å². The molecule has 1 aliphatic heterocycles. The number of amides is 1. The van der Waals surface area contributed by atoms with Gasteiger partial charge < -0.3 is 10.6 Å². The van der Waals surface area contributed by atoms with Crippen molar-refractivity contribution in [1.29, 1.82) is 0 Å². The third-order valence-corrected chi connectivity index (χ3v) is 5.43. The Bertz CT molecular complexity index is 683. The van der Waals surface area contributed by atoms with Crippen molar-refractivity contribution in [2.75, 3.05) is 17.2 Å². The van der Waals surface area contributed by atoms with Gasteiger partial charge in [0.15, 0.2) is 0 Å². The van der Waals surface area contributed by atoms with E-state index < -0.39 is 0 Å². The van der Waals surface area contributed by atoms with Crippen molar-refractivity contribution in [3.63, 3.8) is 0 Å². The van der Waals surface area contributed by atoms with Gasteiger partial charge >= 0.3 is 0 Å². The molecule has 0 spiro atoms. The van der Waals surface area contributed by atoms with E-state index >= 15 is 0 Å². The summed E-state index contributed by atoms with van der Waals surface area (Å²) in [7, 11) is 0. The first-order valence-electron chi connectivity index (χ1n) is 7.04. The molecule has 1 aromatic carbocycles. The van der Waals surface area contributed by atoms with E-state index in [4.69, 9.17) is 5.73 Å². The van der Waals surface area contributed by atoms with Crippen LogP contribution in [0, 0.1) is 0 Å². The van der Waals surface area contributed by atoms with Gasteiger partial charge in [-0.3, -0.25) is 4.79 Å². The van der Waals surface area contributed by atoms with Crippen LogP contribution in [0.2, 0.25) is 0 Å². The number of carbonyl (C=O) groups excluding carboxylic acids is 1. The Morgan fingerprint density at radius 3 is 2.90 bits per heavy atom. The van der Waals surface area contributed by atoms with Crippen LogP contribution in [0.5, 0.6) is 0 Å². The van der Waals surface area contributed by atoms with Gasteiger partial charge in [-0.15, -0.1) is 11.3 Å². The minimum atomic E-state index is 0.146. The van der Waals surface area contributed by atoms with E-state index in [1.807, 2.05) is 23.1 Å². The van der Waals surface area contributed by atoms with Crippen LogP contribution in [0.1, 0.15) is 32.1 Å². The predicted octanol–water partition coefficient (Wildman–Crippen LogP) is 3.02. The van der Waals surface area contributed by atoms with Gasteiger partial charge in [-0.1, -0.05) is 0 Å². The van der Waals surface area contributed by atoms with E-state index in [0.717, 1.165) is 42.1 Å². The van der Waals surface area contributed by atoms with Gasteiger partial charge in [-0.25, -0.2) is 0 Å². The number of aryl methyl sites for hydroxylation is 2. The van der Waals surface area contributed by atoms with Crippen molar-refractivity contribution in [3.8, 4) is 0 Å². The fourth-order valence-electron chi connectivity index (χ4n) is 3.20. The molecule has 0 fully saturated rings. The molecule has 3 nitrogen and oxygen atoms in total. The molecule has 0 atom stereocenters. The zero-order valence-corrected chi connectivity index (χ0v) is 12.0. The number of nitrogen functional groups attached to an aromatic ring is 1. The van der Waals surface area contributed by atoms with Crippen LogP contribution in [0.25, 0.3) is 0 Å². The maximum absolute atomic E-state index is 12.7. The second-order valence-corrected chi connectivity index (χ2v) is 6.64. The lowest BCUT2D eigenvalue weighted by Crippen LogP contribution is -2.28. The lowest BCUT2D eigenvalue weighted by atomic mass is 10.1. The average Bonchev–Trinajstić information content (AvgIpc) is 3.10. The molecule has 2 heterocycles. The molecule has 4 heteroatoms. The standard InChI is InChI=1S/C16H16N2OS/c17-12-4-5-13-10(8-12)6-7-18(13)16(19)15-9-11-2-1-3-14(11)20-15/h4-5,8-9H,1-3,6-7,17H2. The predicted molar refractivity (Wildman–Crippen MR) is 82.6 cm³/mol. The van der Waals surface area contributed by atoms with Crippen molar-refractivity contribution >= 4 is 28.6 Å². The summed E-state index contributed by atoms with van der Waals surface area (Å²) >= 11 is 1.68. The zero-order valence-electron chi connectivity index (χ0n) is 11.2. The summed E-state index contributed by atoms with van der Waals surface area (Å²) in [5, 5.41) is 0. The molecule has 2 aromatic rings. The van der Waals surface area contributed by atoms with Crippen LogP contribution in [0.15, 0.2) is 24.3 Å². The molecule has 20 heavy (non-hydrogen) atoms. The number of anilines is 2. The molecule has 0 saturated carbocycles. The van der Waals surface area contributed by atoms with Crippen molar-refractivity contribution in [2.45, 2.75) is 25.7 Å². The molecule has 0 unspecified atom stereocenters. The van der Waals surface area contributed by atoms with E-state index in [0.29, 0.717) is 0 Å². The number of thiophene rings is 1. The maximum Gasteiger partial charge on any atom is 0.268 e. The fraction of sp³-hybridized carbons (Fsp3) is 0.312. The fourth-order valence-corrected chi connectivity index (χ4v) is 4.40. The van der Waals surface area contributed by atoms with Crippen molar-refractivity contribution in [2.24, 2.45) is 0 Å². The van der Waals surface area contributed by atoms with Gasteiger partial charge in [0.1, 0.15) is 0 Å². The zero-order chi connectivity index (χ0) is 13.7. The molecule has 2 N–H and O–H groups in total. The number of nitrogens with zero attached hydrogens (tertiary/aromatic N) is 1. The maximum atomic E-state index is 12.7. The third-order valence-electron chi connectivity index (χ3n) is 4.20. The highest BCUT2D eigenvalue weighted by atomic mass is 32.1. The number of benzene rings is 1. The summed E-state index contributed by atoms with van der Waals surface area (Å²) < 4.78 is 0. The Labute approximate surface area is 122 Å². The summed E-state index contributed by atoms with van der Waals surface area (Å²) in [6.45, 7) is 0.764. The van der Waals surface area contributed by atoms with Crippen LogP contribution in [0.3, 0.4) is 0 Å². The summed E-state index contributed by atoms with van der Waals surface area (Å²) in [5.74, 6) is 0.146. The van der Waals surface area contributed by atoms with E-state index in [9.17, 15) is 4.79 Å². The van der Waals surface area contributed by atoms with E-state index in [1.165, 1.54) is 22.4 Å². The number of fused-ring (bicyclic) bond motifs is 2. The van der Waals surface area contributed by atoms with Crippen molar-refractivity contribution in [1.82, 2.24) is 0 Å². The van der Waals surface area contributed by atoms with Gasteiger partial charge in [-0.05, 0) is 61.1 Å². The van der Waals surface area contributed by atoms with E-state index in [-0.39, 0.29) is 5.91 Å². The smallest absolute Gasteiger partial charge is 0.268 e. The molecular formula is C16H16N2OS. The summed E-state index contributed by atoms with van der Waals surface area (Å²) in [5.41, 5.74) is 10.2. The number of hydrogen-bond donors (Lipinski definition) is 1. The first-order chi connectivity index (χ1) is 9.72. The molecule has 0 saturated heterocycles. The Morgan fingerprint density at radius 1 is 1.15 bits per heavy atom. The van der Waals surface area contributed by atoms with Crippen LogP contribution in [-0.4, -0.2) is 12.5 Å². The molecule has 102 valence electrons. The number of nitrogens with two attached hydrogens (primary N) is 1. The first kappa shape index (κ1) is 12.0. The highest BCUT2D eigenvalue weighted by molar-refractivity contribution is 7.14. The van der Waals surface area contributed by atoms with E-state index in [1.54, 1.807) is 11.3 Å². The van der Waals surface area contributed by atoms with Gasteiger partial charge in [0.25, 0.3) is 5.91 Å².